The summed E-state index contributed by atoms with van der Waals surface area (Å²) in [6.45, 7) is 10.5. The predicted molar refractivity (Wildman–Crippen MR) is 94.3 cm³/mol. The highest BCUT2D eigenvalue weighted by molar-refractivity contribution is 5.96. The largest absolute Gasteiger partial charge is 0.491 e. The van der Waals surface area contributed by atoms with E-state index in [1.54, 1.807) is 0 Å². The number of aryl methyl sites for hydroxylation is 4. The van der Waals surface area contributed by atoms with Gasteiger partial charge in [0.05, 0.1) is 6.04 Å². The molecule has 0 bridgehead atoms. The average Bonchev–Trinajstić information content (AvgIpc) is 2.50. The predicted octanol–water partition coefficient (Wildman–Crippen LogP) is 4.12. The molecule has 122 valence electrons. The summed E-state index contributed by atoms with van der Waals surface area (Å²) in [6.07, 6.45) is 0. The first-order valence-electron chi connectivity index (χ1n) is 7.95. The first-order chi connectivity index (χ1) is 10.9. The second kappa shape index (κ2) is 7.32. The van der Waals surface area contributed by atoms with Crippen LogP contribution in [-0.2, 0) is 0 Å². The molecule has 0 spiro atoms. The van der Waals surface area contributed by atoms with E-state index in [9.17, 15) is 4.79 Å². The summed E-state index contributed by atoms with van der Waals surface area (Å²) in [6, 6.07) is 11.9. The Balaban J connectivity index is 1.93. The molecule has 2 aromatic carbocycles. The van der Waals surface area contributed by atoms with E-state index in [0.717, 1.165) is 22.4 Å². The third-order valence-electron chi connectivity index (χ3n) is 3.99. The van der Waals surface area contributed by atoms with Crippen molar-refractivity contribution in [1.82, 2.24) is 5.32 Å². The van der Waals surface area contributed by atoms with E-state index in [2.05, 4.69) is 19.2 Å². The normalized spacial score (nSPS) is 11.9. The van der Waals surface area contributed by atoms with Crippen LogP contribution in [0.25, 0.3) is 0 Å². The van der Waals surface area contributed by atoms with Crippen molar-refractivity contribution in [3.05, 3.63) is 64.2 Å². The Hall–Kier alpha value is -2.29. The SMILES string of the molecule is Cc1ccc(C)c(C(=O)NC(C)COc2ccc(C)c(C)c2)c1. The quantitative estimate of drug-likeness (QED) is 0.902. The first kappa shape index (κ1) is 17.1. The maximum absolute atomic E-state index is 12.4. The highest BCUT2D eigenvalue weighted by Gasteiger charge is 2.13. The van der Waals surface area contributed by atoms with Gasteiger partial charge in [-0.25, -0.2) is 0 Å². The molecule has 0 aliphatic rings. The summed E-state index contributed by atoms with van der Waals surface area (Å²) in [4.78, 5) is 12.4. The molecule has 1 unspecified atom stereocenters. The van der Waals surface area contributed by atoms with Gasteiger partial charge in [0.25, 0.3) is 5.91 Å². The molecule has 0 radical (unpaired) electrons. The van der Waals surface area contributed by atoms with E-state index in [1.807, 2.05) is 57.2 Å². The Morgan fingerprint density at radius 3 is 2.39 bits per heavy atom. The number of ether oxygens (including phenoxy) is 1. The molecule has 0 saturated carbocycles. The minimum atomic E-state index is -0.0657. The minimum absolute atomic E-state index is 0.0533. The molecule has 1 atom stereocenters. The zero-order valence-electron chi connectivity index (χ0n) is 14.6. The van der Waals surface area contributed by atoms with Crippen LogP contribution in [0.5, 0.6) is 5.75 Å². The molecule has 23 heavy (non-hydrogen) atoms. The molecule has 0 saturated heterocycles. The molecule has 0 fully saturated rings. The number of amides is 1. The van der Waals surface area contributed by atoms with Crippen LogP contribution < -0.4 is 10.1 Å². The molecule has 3 nitrogen and oxygen atoms in total. The summed E-state index contributed by atoms with van der Waals surface area (Å²) < 4.78 is 5.78. The summed E-state index contributed by atoms with van der Waals surface area (Å²) in [5.41, 5.74) is 5.24. The van der Waals surface area contributed by atoms with Crippen molar-refractivity contribution in [3.63, 3.8) is 0 Å². The van der Waals surface area contributed by atoms with Crippen LogP contribution in [0.3, 0.4) is 0 Å². The fourth-order valence-corrected chi connectivity index (χ4v) is 2.35. The van der Waals surface area contributed by atoms with E-state index in [1.165, 1.54) is 11.1 Å². The third-order valence-corrected chi connectivity index (χ3v) is 3.99. The summed E-state index contributed by atoms with van der Waals surface area (Å²) in [5.74, 6) is 0.781. The standard InChI is InChI=1S/C20H25NO2/c1-13-6-7-15(3)19(10-13)20(22)21-17(5)12-23-18-9-8-14(2)16(4)11-18/h6-11,17H,12H2,1-5H3,(H,21,22). The van der Waals surface area contributed by atoms with Gasteiger partial charge in [-0.2, -0.15) is 0 Å². The van der Waals surface area contributed by atoms with Gasteiger partial charge in [-0.1, -0.05) is 23.8 Å². The van der Waals surface area contributed by atoms with Crippen LogP contribution in [0.2, 0.25) is 0 Å². The second-order valence-electron chi connectivity index (χ2n) is 6.25. The Bertz CT molecular complexity index is 707. The molecule has 1 amide bonds. The van der Waals surface area contributed by atoms with Gasteiger partial charge in [0.1, 0.15) is 12.4 Å². The van der Waals surface area contributed by atoms with Crippen LogP contribution in [0.1, 0.15) is 39.5 Å². The van der Waals surface area contributed by atoms with Crippen molar-refractivity contribution >= 4 is 5.91 Å². The van der Waals surface area contributed by atoms with Gasteiger partial charge in [0, 0.05) is 5.56 Å². The van der Waals surface area contributed by atoms with Gasteiger partial charge >= 0.3 is 0 Å². The van der Waals surface area contributed by atoms with E-state index in [4.69, 9.17) is 4.74 Å². The maximum atomic E-state index is 12.4. The first-order valence-corrected chi connectivity index (χ1v) is 7.95. The second-order valence-corrected chi connectivity index (χ2v) is 6.25. The van der Waals surface area contributed by atoms with Crippen LogP contribution in [0.15, 0.2) is 36.4 Å². The number of hydrogen-bond acceptors (Lipinski definition) is 2. The fraction of sp³-hybridized carbons (Fsp3) is 0.350. The van der Waals surface area contributed by atoms with Crippen molar-refractivity contribution in [2.45, 2.75) is 40.7 Å². The number of carbonyl (C=O) groups is 1. The van der Waals surface area contributed by atoms with Crippen molar-refractivity contribution in [2.24, 2.45) is 0 Å². The highest BCUT2D eigenvalue weighted by atomic mass is 16.5. The Kier molecular flexibility index (Phi) is 5.43. The number of carbonyl (C=O) groups excluding carboxylic acids is 1. The molecule has 1 N–H and O–H groups in total. The molecule has 2 aromatic rings. The molecule has 2 rings (SSSR count). The van der Waals surface area contributed by atoms with Crippen LogP contribution in [-0.4, -0.2) is 18.6 Å². The lowest BCUT2D eigenvalue weighted by Gasteiger charge is -2.16. The van der Waals surface area contributed by atoms with Gasteiger partial charge in [-0.05, 0) is 69.5 Å². The zero-order chi connectivity index (χ0) is 17.0. The molecule has 3 heteroatoms. The number of benzene rings is 2. The molecule has 0 aliphatic carbocycles. The third kappa shape index (κ3) is 4.59. The number of rotatable bonds is 5. The lowest BCUT2D eigenvalue weighted by molar-refractivity contribution is 0.0926. The van der Waals surface area contributed by atoms with Crippen molar-refractivity contribution in [2.75, 3.05) is 6.61 Å². The number of hydrogen-bond donors (Lipinski definition) is 1. The van der Waals surface area contributed by atoms with E-state index in [0.29, 0.717) is 6.61 Å². The average molecular weight is 311 g/mol. The summed E-state index contributed by atoms with van der Waals surface area (Å²) in [5, 5.41) is 3.00. The fourth-order valence-electron chi connectivity index (χ4n) is 2.35. The Morgan fingerprint density at radius 1 is 1.00 bits per heavy atom. The van der Waals surface area contributed by atoms with E-state index in [-0.39, 0.29) is 11.9 Å². The van der Waals surface area contributed by atoms with Crippen molar-refractivity contribution in [3.8, 4) is 5.75 Å². The summed E-state index contributed by atoms with van der Waals surface area (Å²) in [7, 11) is 0. The van der Waals surface area contributed by atoms with Crippen LogP contribution >= 0.6 is 0 Å². The smallest absolute Gasteiger partial charge is 0.251 e. The molecule has 0 aromatic heterocycles. The Morgan fingerprint density at radius 2 is 1.70 bits per heavy atom. The highest BCUT2D eigenvalue weighted by Crippen LogP contribution is 2.16. The lowest BCUT2D eigenvalue weighted by Crippen LogP contribution is -2.37. The van der Waals surface area contributed by atoms with Gasteiger partial charge in [0.15, 0.2) is 0 Å². The van der Waals surface area contributed by atoms with Crippen molar-refractivity contribution in [1.29, 1.82) is 0 Å². The Labute approximate surface area is 138 Å². The van der Waals surface area contributed by atoms with Crippen molar-refractivity contribution < 1.29 is 9.53 Å². The van der Waals surface area contributed by atoms with E-state index >= 15 is 0 Å². The lowest BCUT2D eigenvalue weighted by atomic mass is 10.0. The van der Waals surface area contributed by atoms with Crippen LogP contribution in [0, 0.1) is 27.7 Å². The summed E-state index contributed by atoms with van der Waals surface area (Å²) >= 11 is 0. The monoisotopic (exact) mass is 311 g/mol. The van der Waals surface area contributed by atoms with Gasteiger partial charge in [-0.15, -0.1) is 0 Å². The molecular formula is C20H25NO2. The van der Waals surface area contributed by atoms with Gasteiger partial charge in [0.2, 0.25) is 0 Å². The molecule has 0 aliphatic heterocycles. The topological polar surface area (TPSA) is 38.3 Å². The molecular weight excluding hydrogens is 286 g/mol. The van der Waals surface area contributed by atoms with Crippen LogP contribution in [0.4, 0.5) is 0 Å². The van der Waals surface area contributed by atoms with Gasteiger partial charge < -0.3 is 10.1 Å². The maximum Gasteiger partial charge on any atom is 0.251 e. The zero-order valence-corrected chi connectivity index (χ0v) is 14.6. The van der Waals surface area contributed by atoms with E-state index < -0.39 is 0 Å². The minimum Gasteiger partial charge on any atom is -0.491 e. The molecule has 0 heterocycles. The number of nitrogens with one attached hydrogen (secondary N) is 1. The van der Waals surface area contributed by atoms with Gasteiger partial charge in [-0.3, -0.25) is 4.79 Å².